The molecule has 66 valence electrons. The first kappa shape index (κ1) is 8.83. The number of anilines is 1. The van der Waals surface area contributed by atoms with Crippen LogP contribution in [0, 0.1) is 12.7 Å². The van der Waals surface area contributed by atoms with Crippen LogP contribution in [0.25, 0.3) is 0 Å². The number of halogens is 3. The van der Waals surface area contributed by atoms with Gasteiger partial charge in [0.1, 0.15) is 5.69 Å². The van der Waals surface area contributed by atoms with E-state index in [1.54, 1.807) is 0 Å². The van der Waals surface area contributed by atoms with Crippen LogP contribution in [0.4, 0.5) is 18.9 Å². The second-order valence-corrected chi connectivity index (χ2v) is 2.33. The second kappa shape index (κ2) is 3.00. The fourth-order valence-electron chi connectivity index (χ4n) is 0.767. The molecule has 5 heteroatoms. The maximum Gasteiger partial charge on any atom is 0.283 e. The summed E-state index contributed by atoms with van der Waals surface area (Å²) >= 11 is 0. The minimum absolute atomic E-state index is 0.0805. The average molecular weight is 176 g/mol. The second-order valence-electron chi connectivity index (χ2n) is 2.33. The van der Waals surface area contributed by atoms with Gasteiger partial charge in [-0.3, -0.25) is 0 Å². The van der Waals surface area contributed by atoms with E-state index in [0.29, 0.717) is 0 Å². The highest BCUT2D eigenvalue weighted by Gasteiger charge is 2.16. The molecule has 2 nitrogen and oxygen atoms in total. The van der Waals surface area contributed by atoms with Crippen molar-refractivity contribution in [3.8, 4) is 0 Å². The van der Waals surface area contributed by atoms with Crippen LogP contribution in [0.5, 0.6) is 0 Å². The number of alkyl halides is 2. The number of rotatable bonds is 1. The highest BCUT2D eigenvalue weighted by molar-refractivity contribution is 5.43. The van der Waals surface area contributed by atoms with Crippen molar-refractivity contribution in [2.75, 3.05) is 5.73 Å². The number of nitrogens with two attached hydrogens (primary N) is 1. The number of hydrogen-bond donors (Lipinski definition) is 1. The van der Waals surface area contributed by atoms with Crippen LogP contribution in [0.1, 0.15) is 17.8 Å². The third-order valence-electron chi connectivity index (χ3n) is 1.44. The van der Waals surface area contributed by atoms with Gasteiger partial charge in [-0.05, 0) is 6.92 Å². The quantitative estimate of drug-likeness (QED) is 0.711. The summed E-state index contributed by atoms with van der Waals surface area (Å²) < 4.78 is 36.7. The summed E-state index contributed by atoms with van der Waals surface area (Å²) in [6, 6.07) is 0.851. The van der Waals surface area contributed by atoms with Crippen molar-refractivity contribution in [1.29, 1.82) is 0 Å². The highest BCUT2D eigenvalue weighted by atomic mass is 19.3. The number of nitrogen functional groups attached to an aromatic ring is 1. The van der Waals surface area contributed by atoms with Crippen molar-refractivity contribution in [2.45, 2.75) is 13.3 Å². The first-order valence-corrected chi connectivity index (χ1v) is 3.23. The molecule has 0 saturated heterocycles. The summed E-state index contributed by atoms with van der Waals surface area (Å²) in [6.45, 7) is 1.45. The molecule has 0 aliphatic rings. The molecular weight excluding hydrogens is 169 g/mol. The Balaban J connectivity index is 3.23. The molecule has 0 amide bonds. The molecule has 0 fully saturated rings. The fraction of sp³-hybridized carbons (Fsp3) is 0.286. The lowest BCUT2D eigenvalue weighted by atomic mass is 10.2. The summed E-state index contributed by atoms with van der Waals surface area (Å²) in [5.41, 5.74) is 4.69. The Morgan fingerprint density at radius 2 is 2.08 bits per heavy atom. The predicted molar refractivity (Wildman–Crippen MR) is 38.3 cm³/mol. The zero-order valence-corrected chi connectivity index (χ0v) is 6.31. The van der Waals surface area contributed by atoms with Crippen LogP contribution in [0.3, 0.4) is 0 Å². The lowest BCUT2D eigenvalue weighted by Gasteiger charge is -2.04. The zero-order valence-electron chi connectivity index (χ0n) is 6.31. The van der Waals surface area contributed by atoms with E-state index < -0.39 is 17.9 Å². The maximum absolute atomic E-state index is 12.7. The largest absolute Gasteiger partial charge is 0.397 e. The molecule has 0 atom stereocenters. The molecule has 2 N–H and O–H groups in total. The summed E-state index contributed by atoms with van der Waals surface area (Å²) in [5.74, 6) is -1.06. The number of aryl methyl sites for hydroxylation is 1. The van der Waals surface area contributed by atoms with E-state index in [9.17, 15) is 13.2 Å². The Labute approximate surface area is 67.2 Å². The number of aromatic nitrogens is 1. The molecule has 0 unspecified atom stereocenters. The molecule has 1 rings (SSSR count). The molecule has 0 aromatic carbocycles. The van der Waals surface area contributed by atoms with Crippen LogP contribution in [-0.4, -0.2) is 4.98 Å². The zero-order chi connectivity index (χ0) is 9.30. The average Bonchev–Trinajstić information content (AvgIpc) is 1.96. The minimum Gasteiger partial charge on any atom is -0.397 e. The van der Waals surface area contributed by atoms with Crippen LogP contribution in [-0.2, 0) is 0 Å². The van der Waals surface area contributed by atoms with E-state index in [1.807, 2.05) is 0 Å². The van der Waals surface area contributed by atoms with Crippen molar-refractivity contribution >= 4 is 5.69 Å². The molecule has 0 bridgehead atoms. The van der Waals surface area contributed by atoms with Gasteiger partial charge in [0.25, 0.3) is 6.43 Å². The molecule has 0 spiro atoms. The SMILES string of the molecule is Cc1nc(C(F)F)c(F)cc1N. The first-order chi connectivity index (χ1) is 5.52. The van der Waals surface area contributed by atoms with E-state index in [-0.39, 0.29) is 11.4 Å². The highest BCUT2D eigenvalue weighted by Crippen LogP contribution is 2.22. The van der Waals surface area contributed by atoms with Gasteiger partial charge in [0.15, 0.2) is 5.82 Å². The van der Waals surface area contributed by atoms with Crippen LogP contribution < -0.4 is 5.73 Å². The van der Waals surface area contributed by atoms with Gasteiger partial charge in [0.05, 0.1) is 11.4 Å². The van der Waals surface area contributed by atoms with Crippen LogP contribution in [0.15, 0.2) is 6.07 Å². The van der Waals surface area contributed by atoms with E-state index in [4.69, 9.17) is 5.73 Å². The van der Waals surface area contributed by atoms with Gasteiger partial charge in [0, 0.05) is 6.07 Å². The number of hydrogen-bond acceptors (Lipinski definition) is 2. The lowest BCUT2D eigenvalue weighted by molar-refractivity contribution is 0.140. The predicted octanol–water partition coefficient (Wildman–Crippen LogP) is 2.05. The minimum atomic E-state index is -2.90. The van der Waals surface area contributed by atoms with Crippen molar-refractivity contribution in [1.82, 2.24) is 4.98 Å². The van der Waals surface area contributed by atoms with Gasteiger partial charge in [-0.15, -0.1) is 0 Å². The lowest BCUT2D eigenvalue weighted by Crippen LogP contribution is -2.01. The Hall–Kier alpha value is -1.26. The molecule has 1 heterocycles. The smallest absolute Gasteiger partial charge is 0.283 e. The summed E-state index contributed by atoms with van der Waals surface area (Å²) in [7, 11) is 0. The van der Waals surface area contributed by atoms with E-state index in [2.05, 4.69) is 4.98 Å². The van der Waals surface area contributed by atoms with E-state index >= 15 is 0 Å². The monoisotopic (exact) mass is 176 g/mol. The Bertz CT molecular complexity index is 299. The Kier molecular flexibility index (Phi) is 2.21. The molecule has 1 aromatic heterocycles. The van der Waals surface area contributed by atoms with Crippen molar-refractivity contribution < 1.29 is 13.2 Å². The van der Waals surface area contributed by atoms with E-state index in [0.717, 1.165) is 6.07 Å². The van der Waals surface area contributed by atoms with Gasteiger partial charge < -0.3 is 5.73 Å². The molecule has 0 saturated carbocycles. The maximum atomic E-state index is 12.7. The first-order valence-electron chi connectivity index (χ1n) is 3.23. The van der Waals surface area contributed by atoms with Gasteiger partial charge in [-0.2, -0.15) is 0 Å². The molecule has 0 aliphatic heterocycles. The molecule has 0 radical (unpaired) electrons. The van der Waals surface area contributed by atoms with Gasteiger partial charge >= 0.3 is 0 Å². The summed E-state index contributed by atoms with van der Waals surface area (Å²) in [5, 5.41) is 0. The molecule has 12 heavy (non-hydrogen) atoms. The van der Waals surface area contributed by atoms with Gasteiger partial charge in [-0.25, -0.2) is 18.2 Å². The third kappa shape index (κ3) is 1.49. The molecule has 1 aromatic rings. The normalized spacial score (nSPS) is 10.8. The van der Waals surface area contributed by atoms with Crippen molar-refractivity contribution in [3.63, 3.8) is 0 Å². The Morgan fingerprint density at radius 3 is 2.58 bits per heavy atom. The number of pyridine rings is 1. The van der Waals surface area contributed by atoms with Gasteiger partial charge in [0.2, 0.25) is 0 Å². The van der Waals surface area contributed by atoms with Crippen molar-refractivity contribution in [2.24, 2.45) is 0 Å². The third-order valence-corrected chi connectivity index (χ3v) is 1.44. The standard InChI is InChI=1S/C7H7F3N2/c1-3-5(11)2-4(8)6(12-3)7(9)10/h2,7H,11H2,1H3. The number of nitrogens with zero attached hydrogens (tertiary/aromatic N) is 1. The van der Waals surface area contributed by atoms with E-state index in [1.165, 1.54) is 6.92 Å². The van der Waals surface area contributed by atoms with Crippen LogP contribution >= 0.6 is 0 Å². The Morgan fingerprint density at radius 1 is 1.50 bits per heavy atom. The summed E-state index contributed by atoms with van der Waals surface area (Å²) in [6.07, 6.45) is -2.90. The van der Waals surface area contributed by atoms with Gasteiger partial charge in [-0.1, -0.05) is 0 Å². The van der Waals surface area contributed by atoms with Crippen LogP contribution in [0.2, 0.25) is 0 Å². The summed E-state index contributed by atoms with van der Waals surface area (Å²) in [4.78, 5) is 3.32. The van der Waals surface area contributed by atoms with Crippen molar-refractivity contribution in [3.05, 3.63) is 23.3 Å². The molecular formula is C7H7F3N2. The topological polar surface area (TPSA) is 38.9 Å². The fourth-order valence-corrected chi connectivity index (χ4v) is 0.767. The molecule has 0 aliphatic carbocycles.